The molecule has 1 aliphatic rings. The lowest BCUT2D eigenvalue weighted by atomic mass is 10.2. The Morgan fingerprint density at radius 3 is 2.52 bits per heavy atom. The van der Waals surface area contributed by atoms with Gasteiger partial charge in [0.2, 0.25) is 5.28 Å². The predicted molar refractivity (Wildman–Crippen MR) is 86.2 cm³/mol. The topological polar surface area (TPSA) is 87.2 Å². The van der Waals surface area contributed by atoms with Gasteiger partial charge in [-0.1, -0.05) is 18.2 Å². The van der Waals surface area contributed by atoms with Crippen LogP contribution in [-0.4, -0.2) is 29.0 Å². The number of nitrogens with zero attached hydrogens (tertiary/aromatic N) is 3. The SMILES string of the molecule is CN(c1ccccc1)c1cc(C=C2NC(=O)NC2=O)nc(Cl)n1. The van der Waals surface area contributed by atoms with E-state index in [-0.39, 0.29) is 11.0 Å². The molecule has 2 N–H and O–H groups in total. The molecule has 0 radical (unpaired) electrons. The first kappa shape index (κ1) is 15.0. The summed E-state index contributed by atoms with van der Waals surface area (Å²) in [5.41, 5.74) is 1.45. The number of nitrogens with one attached hydrogen (secondary N) is 2. The van der Waals surface area contributed by atoms with Gasteiger partial charge in [0.25, 0.3) is 5.91 Å². The van der Waals surface area contributed by atoms with E-state index in [1.807, 2.05) is 42.3 Å². The number of rotatable bonds is 3. The second-order valence-corrected chi connectivity index (χ2v) is 5.12. The molecule has 3 amide bonds. The van der Waals surface area contributed by atoms with Crippen LogP contribution in [0.2, 0.25) is 5.28 Å². The second-order valence-electron chi connectivity index (χ2n) is 4.78. The normalized spacial score (nSPS) is 15.5. The zero-order valence-electron chi connectivity index (χ0n) is 12.1. The van der Waals surface area contributed by atoms with E-state index < -0.39 is 11.9 Å². The average molecular weight is 330 g/mol. The summed E-state index contributed by atoms with van der Waals surface area (Å²) in [5, 5.41) is 4.56. The molecule has 3 rings (SSSR count). The number of imide groups is 1. The fraction of sp³-hybridized carbons (Fsp3) is 0.0667. The van der Waals surface area contributed by atoms with Crippen LogP contribution in [0.4, 0.5) is 16.3 Å². The maximum absolute atomic E-state index is 11.6. The van der Waals surface area contributed by atoms with Gasteiger partial charge in [0, 0.05) is 18.8 Å². The van der Waals surface area contributed by atoms with Crippen molar-refractivity contribution in [3.63, 3.8) is 0 Å². The molecule has 7 nitrogen and oxygen atoms in total. The van der Waals surface area contributed by atoms with Crippen LogP contribution in [0.1, 0.15) is 5.69 Å². The van der Waals surface area contributed by atoms with Crippen molar-refractivity contribution in [1.82, 2.24) is 20.6 Å². The first-order valence-electron chi connectivity index (χ1n) is 6.70. The van der Waals surface area contributed by atoms with Crippen LogP contribution in [-0.2, 0) is 4.79 Å². The van der Waals surface area contributed by atoms with Crippen molar-refractivity contribution in [1.29, 1.82) is 0 Å². The third kappa shape index (κ3) is 3.29. The fourth-order valence-corrected chi connectivity index (χ4v) is 2.27. The number of halogens is 1. The molecule has 0 unspecified atom stereocenters. The molecule has 2 heterocycles. The molecule has 1 saturated heterocycles. The summed E-state index contributed by atoms with van der Waals surface area (Å²) in [6.45, 7) is 0. The lowest BCUT2D eigenvalue weighted by Crippen LogP contribution is -2.22. The maximum atomic E-state index is 11.6. The first-order valence-corrected chi connectivity index (χ1v) is 7.08. The number of hydrogen-bond donors (Lipinski definition) is 2. The second kappa shape index (κ2) is 6.05. The van der Waals surface area contributed by atoms with Crippen LogP contribution in [0.5, 0.6) is 0 Å². The van der Waals surface area contributed by atoms with E-state index in [1.54, 1.807) is 6.07 Å². The van der Waals surface area contributed by atoms with Gasteiger partial charge in [0.15, 0.2) is 0 Å². The minimum absolute atomic E-state index is 0.0434. The fourth-order valence-electron chi connectivity index (χ4n) is 2.08. The number of carbonyl (C=O) groups is 2. The molecule has 23 heavy (non-hydrogen) atoms. The van der Waals surface area contributed by atoms with E-state index in [0.717, 1.165) is 5.69 Å². The van der Waals surface area contributed by atoms with Crippen LogP contribution in [0.25, 0.3) is 6.08 Å². The van der Waals surface area contributed by atoms with Crippen molar-refractivity contribution >= 4 is 41.1 Å². The number of benzene rings is 1. The van der Waals surface area contributed by atoms with Crippen molar-refractivity contribution in [2.24, 2.45) is 0 Å². The summed E-state index contributed by atoms with van der Waals surface area (Å²) in [4.78, 5) is 32.8. The van der Waals surface area contributed by atoms with Crippen LogP contribution < -0.4 is 15.5 Å². The molecular weight excluding hydrogens is 318 g/mol. The van der Waals surface area contributed by atoms with E-state index in [1.165, 1.54) is 6.08 Å². The third-order valence-corrected chi connectivity index (χ3v) is 3.37. The van der Waals surface area contributed by atoms with Gasteiger partial charge in [0.05, 0.1) is 5.69 Å². The molecule has 1 aromatic heterocycles. The Kier molecular flexibility index (Phi) is 3.94. The van der Waals surface area contributed by atoms with Crippen LogP contribution in [0, 0.1) is 0 Å². The van der Waals surface area contributed by atoms with Crippen molar-refractivity contribution in [3.05, 3.63) is 53.1 Å². The number of para-hydroxylation sites is 1. The van der Waals surface area contributed by atoms with Gasteiger partial charge in [0.1, 0.15) is 11.5 Å². The third-order valence-electron chi connectivity index (χ3n) is 3.20. The zero-order chi connectivity index (χ0) is 16.4. The summed E-state index contributed by atoms with van der Waals surface area (Å²) < 4.78 is 0. The number of carbonyl (C=O) groups excluding carboxylic acids is 2. The molecule has 1 aromatic carbocycles. The summed E-state index contributed by atoms with van der Waals surface area (Å²) in [6, 6.07) is 10.7. The molecule has 116 valence electrons. The van der Waals surface area contributed by atoms with Gasteiger partial charge in [-0.05, 0) is 29.8 Å². The Balaban J connectivity index is 1.95. The zero-order valence-corrected chi connectivity index (χ0v) is 12.8. The first-order chi connectivity index (χ1) is 11.0. The maximum Gasteiger partial charge on any atom is 0.326 e. The quantitative estimate of drug-likeness (QED) is 0.511. The standard InChI is InChI=1S/C15H12ClN5O2/c1-21(10-5-3-2-4-6-10)12-8-9(17-14(16)19-12)7-11-13(22)20-15(23)18-11/h2-8H,1H3,(H2,18,20,22,23). The van der Waals surface area contributed by atoms with Crippen molar-refractivity contribution in [3.8, 4) is 0 Å². The Morgan fingerprint density at radius 1 is 1.13 bits per heavy atom. The minimum atomic E-state index is -0.567. The van der Waals surface area contributed by atoms with Gasteiger partial charge in [-0.25, -0.2) is 14.8 Å². The Morgan fingerprint density at radius 2 is 1.87 bits per heavy atom. The Bertz CT molecular complexity index is 807. The van der Waals surface area contributed by atoms with E-state index in [4.69, 9.17) is 11.6 Å². The lowest BCUT2D eigenvalue weighted by Gasteiger charge is -2.18. The number of hydrogen-bond acceptors (Lipinski definition) is 5. The summed E-state index contributed by atoms with van der Waals surface area (Å²) in [5.74, 6) is 0.0514. The molecule has 2 aromatic rings. The summed E-state index contributed by atoms with van der Waals surface area (Å²) in [7, 11) is 1.84. The van der Waals surface area contributed by atoms with Crippen LogP contribution in [0.15, 0.2) is 42.1 Å². The summed E-state index contributed by atoms with van der Waals surface area (Å²) >= 11 is 5.97. The van der Waals surface area contributed by atoms with Crippen molar-refractivity contribution in [2.75, 3.05) is 11.9 Å². The van der Waals surface area contributed by atoms with Crippen LogP contribution >= 0.6 is 11.6 Å². The van der Waals surface area contributed by atoms with Gasteiger partial charge in [-0.15, -0.1) is 0 Å². The highest BCUT2D eigenvalue weighted by Gasteiger charge is 2.23. The summed E-state index contributed by atoms with van der Waals surface area (Å²) in [6.07, 6.45) is 1.44. The molecular formula is C15H12ClN5O2. The minimum Gasteiger partial charge on any atom is -0.329 e. The molecule has 0 aliphatic carbocycles. The molecule has 1 aliphatic heterocycles. The number of aromatic nitrogens is 2. The Labute approximate surface area is 137 Å². The average Bonchev–Trinajstić information content (AvgIpc) is 2.84. The van der Waals surface area contributed by atoms with Gasteiger partial charge in [-0.2, -0.15) is 0 Å². The van der Waals surface area contributed by atoms with Gasteiger partial charge >= 0.3 is 6.03 Å². The number of anilines is 2. The molecule has 1 fully saturated rings. The van der Waals surface area contributed by atoms with E-state index in [2.05, 4.69) is 20.6 Å². The molecule has 8 heteroatoms. The monoisotopic (exact) mass is 329 g/mol. The largest absolute Gasteiger partial charge is 0.329 e. The highest BCUT2D eigenvalue weighted by molar-refractivity contribution is 6.28. The van der Waals surface area contributed by atoms with Gasteiger partial charge in [-0.3, -0.25) is 10.1 Å². The lowest BCUT2D eigenvalue weighted by molar-refractivity contribution is -0.115. The molecule has 0 atom stereocenters. The van der Waals surface area contributed by atoms with E-state index >= 15 is 0 Å². The Hall–Kier alpha value is -2.93. The van der Waals surface area contributed by atoms with Gasteiger partial charge < -0.3 is 10.2 Å². The van der Waals surface area contributed by atoms with Crippen LogP contribution in [0.3, 0.4) is 0 Å². The molecule has 0 bridgehead atoms. The predicted octanol–water partition coefficient (Wildman–Crippen LogP) is 2.08. The van der Waals surface area contributed by atoms with Crippen molar-refractivity contribution in [2.45, 2.75) is 0 Å². The highest BCUT2D eigenvalue weighted by Crippen LogP contribution is 2.23. The van der Waals surface area contributed by atoms with E-state index in [0.29, 0.717) is 11.5 Å². The van der Waals surface area contributed by atoms with E-state index in [9.17, 15) is 9.59 Å². The smallest absolute Gasteiger partial charge is 0.326 e. The molecule has 0 spiro atoms. The molecule has 0 saturated carbocycles. The number of urea groups is 1. The number of amides is 3. The van der Waals surface area contributed by atoms with Crippen molar-refractivity contribution < 1.29 is 9.59 Å². The highest BCUT2D eigenvalue weighted by atomic mass is 35.5.